The lowest BCUT2D eigenvalue weighted by Crippen LogP contribution is -2.53. The number of pyridine rings is 1. The summed E-state index contributed by atoms with van der Waals surface area (Å²) in [6.07, 6.45) is -1.13. The molecule has 0 aliphatic carbocycles. The smallest absolute Gasteiger partial charge is 0.326 e. The van der Waals surface area contributed by atoms with E-state index in [4.69, 9.17) is 0 Å². The first-order chi connectivity index (χ1) is 16.6. The van der Waals surface area contributed by atoms with Crippen molar-refractivity contribution in [1.29, 1.82) is 0 Å². The molecule has 35 heavy (non-hydrogen) atoms. The Morgan fingerprint density at radius 1 is 1.03 bits per heavy atom. The number of urea groups is 1. The van der Waals surface area contributed by atoms with Crippen LogP contribution < -0.4 is 20.4 Å². The first-order valence-corrected chi connectivity index (χ1v) is 11.2. The minimum Gasteiger partial charge on any atom is -0.326 e. The van der Waals surface area contributed by atoms with Gasteiger partial charge in [-0.15, -0.1) is 0 Å². The molecule has 2 saturated heterocycles. The predicted octanol–water partition coefficient (Wildman–Crippen LogP) is 4.07. The van der Waals surface area contributed by atoms with Crippen molar-refractivity contribution in [1.82, 2.24) is 10.3 Å². The molecule has 0 saturated carbocycles. The Labute approximate surface area is 198 Å². The second-order valence-corrected chi connectivity index (χ2v) is 8.35. The van der Waals surface area contributed by atoms with Gasteiger partial charge in [-0.05, 0) is 56.0 Å². The average Bonchev–Trinajstić information content (AvgIpc) is 2.81. The van der Waals surface area contributed by atoms with Crippen LogP contribution in [0.25, 0.3) is 0 Å². The Bertz CT molecular complexity index is 1120. The largest absolute Gasteiger partial charge is 0.417 e. The number of amides is 4. The van der Waals surface area contributed by atoms with E-state index in [-0.39, 0.29) is 24.0 Å². The molecule has 2 fully saturated rings. The first kappa shape index (κ1) is 24.4. The molecule has 1 aromatic carbocycles. The van der Waals surface area contributed by atoms with Crippen LogP contribution in [0.15, 0.2) is 36.5 Å². The second-order valence-electron chi connectivity index (χ2n) is 8.35. The van der Waals surface area contributed by atoms with Gasteiger partial charge in [-0.1, -0.05) is 0 Å². The highest BCUT2D eigenvalue weighted by atomic mass is 19.4. The maximum Gasteiger partial charge on any atom is 0.417 e. The van der Waals surface area contributed by atoms with Crippen molar-refractivity contribution in [2.45, 2.75) is 44.3 Å². The summed E-state index contributed by atoms with van der Waals surface area (Å²) in [5, 5.41) is 4.76. The third kappa shape index (κ3) is 5.52. The molecular formula is C23H23F4N5O3. The standard InChI is InChI=1S/C23H23F4N5O3/c24-16-12-15(31-10-2-1-5-20(31)33)7-8-18(16)32-11-3-4-17(21(32)34)29-22(35)30-19-9-6-14(13-28-19)23(25,26)27/h6-9,12-13,17H,1-5,10-11H2,(H2,28,29,30,35). The summed E-state index contributed by atoms with van der Waals surface area (Å²) in [7, 11) is 0. The SMILES string of the molecule is O=C(Nc1ccc(C(F)(F)F)cn1)NC1CCCN(c2ccc(N3CCCCC3=O)cc2F)C1=O. The number of benzene rings is 1. The zero-order valence-electron chi connectivity index (χ0n) is 18.6. The van der Waals surface area contributed by atoms with Crippen LogP contribution >= 0.6 is 0 Å². The van der Waals surface area contributed by atoms with E-state index < -0.39 is 35.5 Å². The molecule has 12 heteroatoms. The Morgan fingerprint density at radius 3 is 2.46 bits per heavy atom. The van der Waals surface area contributed by atoms with Crippen molar-refractivity contribution >= 4 is 35.0 Å². The van der Waals surface area contributed by atoms with Gasteiger partial charge in [0.25, 0.3) is 0 Å². The summed E-state index contributed by atoms with van der Waals surface area (Å²) >= 11 is 0. The molecule has 1 unspecified atom stereocenters. The summed E-state index contributed by atoms with van der Waals surface area (Å²) in [5.41, 5.74) is -0.489. The zero-order chi connectivity index (χ0) is 25.2. The number of anilines is 3. The van der Waals surface area contributed by atoms with Crippen LogP contribution in [-0.2, 0) is 15.8 Å². The zero-order valence-corrected chi connectivity index (χ0v) is 18.6. The van der Waals surface area contributed by atoms with Crippen molar-refractivity contribution in [2.24, 2.45) is 0 Å². The van der Waals surface area contributed by atoms with Gasteiger partial charge in [0.2, 0.25) is 11.8 Å². The second kappa shape index (κ2) is 9.88. The van der Waals surface area contributed by atoms with E-state index >= 15 is 0 Å². The predicted molar refractivity (Wildman–Crippen MR) is 119 cm³/mol. The first-order valence-electron chi connectivity index (χ1n) is 11.2. The number of hydrogen-bond acceptors (Lipinski definition) is 4. The molecule has 0 spiro atoms. The van der Waals surface area contributed by atoms with E-state index in [0.29, 0.717) is 37.7 Å². The van der Waals surface area contributed by atoms with Gasteiger partial charge < -0.3 is 15.1 Å². The lowest BCUT2D eigenvalue weighted by atomic mass is 10.0. The third-order valence-electron chi connectivity index (χ3n) is 5.93. The van der Waals surface area contributed by atoms with Crippen LogP contribution in [0, 0.1) is 5.82 Å². The molecule has 4 rings (SSSR count). The van der Waals surface area contributed by atoms with E-state index in [1.165, 1.54) is 21.9 Å². The molecule has 0 radical (unpaired) electrons. The topological polar surface area (TPSA) is 94.6 Å². The average molecular weight is 493 g/mol. The van der Waals surface area contributed by atoms with E-state index in [2.05, 4.69) is 15.6 Å². The summed E-state index contributed by atoms with van der Waals surface area (Å²) in [6, 6.07) is 4.26. The van der Waals surface area contributed by atoms with Crippen LogP contribution in [0.1, 0.15) is 37.7 Å². The number of aromatic nitrogens is 1. The van der Waals surface area contributed by atoms with Gasteiger partial charge in [0.15, 0.2) is 0 Å². The van der Waals surface area contributed by atoms with Gasteiger partial charge in [-0.25, -0.2) is 14.2 Å². The van der Waals surface area contributed by atoms with Crippen LogP contribution in [-0.4, -0.2) is 42.0 Å². The summed E-state index contributed by atoms with van der Waals surface area (Å²) in [4.78, 5) is 43.7. The lowest BCUT2D eigenvalue weighted by molar-refractivity contribution is -0.137. The van der Waals surface area contributed by atoms with Crippen molar-refractivity contribution in [3.63, 3.8) is 0 Å². The molecule has 2 aromatic rings. The van der Waals surface area contributed by atoms with E-state index in [1.807, 2.05) is 0 Å². The Balaban J connectivity index is 1.41. The Morgan fingerprint density at radius 2 is 1.80 bits per heavy atom. The van der Waals surface area contributed by atoms with Crippen molar-refractivity contribution < 1.29 is 31.9 Å². The van der Waals surface area contributed by atoms with Gasteiger partial charge in [0.05, 0.1) is 11.3 Å². The molecule has 186 valence electrons. The van der Waals surface area contributed by atoms with E-state index in [1.54, 1.807) is 6.07 Å². The Hall–Kier alpha value is -3.70. The van der Waals surface area contributed by atoms with Crippen LogP contribution in [0.5, 0.6) is 0 Å². The molecule has 2 N–H and O–H groups in total. The van der Waals surface area contributed by atoms with Crippen molar-refractivity contribution in [3.8, 4) is 0 Å². The normalized spacial score (nSPS) is 19.0. The van der Waals surface area contributed by atoms with Gasteiger partial charge >= 0.3 is 12.2 Å². The van der Waals surface area contributed by atoms with Crippen LogP contribution in [0.4, 0.5) is 39.5 Å². The highest BCUT2D eigenvalue weighted by Gasteiger charge is 2.33. The fraction of sp³-hybridized carbons (Fsp3) is 0.391. The summed E-state index contributed by atoms with van der Waals surface area (Å²) in [6.45, 7) is 0.757. The molecule has 1 atom stereocenters. The minimum absolute atomic E-state index is 0.0412. The maximum atomic E-state index is 15.0. The van der Waals surface area contributed by atoms with Crippen LogP contribution in [0.2, 0.25) is 0 Å². The highest BCUT2D eigenvalue weighted by molar-refractivity contribution is 6.01. The molecular weight excluding hydrogens is 470 g/mol. The molecule has 3 heterocycles. The fourth-order valence-electron chi connectivity index (χ4n) is 4.16. The van der Waals surface area contributed by atoms with Gasteiger partial charge in [0.1, 0.15) is 17.7 Å². The number of piperidine rings is 2. The van der Waals surface area contributed by atoms with Crippen molar-refractivity contribution in [3.05, 3.63) is 47.9 Å². The quantitative estimate of drug-likeness (QED) is 0.628. The van der Waals surface area contributed by atoms with Gasteiger partial charge in [0, 0.05) is 31.4 Å². The number of hydrogen-bond donors (Lipinski definition) is 2. The fourth-order valence-corrected chi connectivity index (χ4v) is 4.16. The van der Waals surface area contributed by atoms with Crippen LogP contribution in [0.3, 0.4) is 0 Å². The van der Waals surface area contributed by atoms with Crippen molar-refractivity contribution in [2.75, 3.05) is 28.2 Å². The number of halogens is 4. The molecule has 4 amide bonds. The number of nitrogens with zero attached hydrogens (tertiary/aromatic N) is 3. The Kier molecular flexibility index (Phi) is 6.90. The number of rotatable bonds is 4. The highest BCUT2D eigenvalue weighted by Crippen LogP contribution is 2.30. The lowest BCUT2D eigenvalue weighted by Gasteiger charge is -2.33. The number of carbonyl (C=O) groups excluding carboxylic acids is 3. The molecule has 2 aliphatic heterocycles. The third-order valence-corrected chi connectivity index (χ3v) is 5.93. The monoisotopic (exact) mass is 493 g/mol. The molecule has 1 aromatic heterocycles. The molecule has 0 bridgehead atoms. The minimum atomic E-state index is -4.55. The van der Waals surface area contributed by atoms with E-state index in [0.717, 1.165) is 25.0 Å². The molecule has 8 nitrogen and oxygen atoms in total. The number of nitrogens with one attached hydrogen (secondary N) is 2. The number of alkyl halides is 3. The van der Waals surface area contributed by atoms with E-state index in [9.17, 15) is 31.9 Å². The van der Waals surface area contributed by atoms with Gasteiger partial charge in [-0.3, -0.25) is 14.9 Å². The summed E-state index contributed by atoms with van der Waals surface area (Å²) < 4.78 is 52.9. The maximum absolute atomic E-state index is 15.0. The number of carbonyl (C=O) groups is 3. The molecule has 2 aliphatic rings. The summed E-state index contributed by atoms with van der Waals surface area (Å²) in [5.74, 6) is -1.37. The van der Waals surface area contributed by atoms with Gasteiger partial charge in [-0.2, -0.15) is 13.2 Å².